The first kappa shape index (κ1) is 8.26. The Morgan fingerprint density at radius 1 is 1.44 bits per heavy atom. The summed E-state index contributed by atoms with van der Waals surface area (Å²) in [7, 11) is 0. The van der Waals surface area contributed by atoms with E-state index in [-0.39, 0.29) is 0 Å². The van der Waals surface area contributed by atoms with Crippen LogP contribution in [0.3, 0.4) is 0 Å². The van der Waals surface area contributed by atoms with Crippen molar-refractivity contribution in [1.82, 2.24) is 0 Å². The Morgan fingerprint density at radius 2 is 2.11 bits per heavy atom. The minimum Gasteiger partial charge on any atom is -0.133 e. The van der Waals surface area contributed by atoms with E-state index in [1.807, 2.05) is 6.08 Å². The molecule has 0 rings (SSSR count). The van der Waals surface area contributed by atoms with Gasteiger partial charge in [0.25, 0.3) is 0 Å². The van der Waals surface area contributed by atoms with Gasteiger partial charge in [0, 0.05) is 0 Å². The standard InChI is InChI=1S/C9H14/c1-4-5-6-7-8-9(2)3/h5,8H,1,6-7H2,2-3H3. The highest BCUT2D eigenvalue weighted by atomic mass is 13.8. The molecule has 0 nitrogen and oxygen atoms in total. The Bertz CT molecular complexity index is 130. The molecule has 0 fully saturated rings. The number of hydrogen-bond acceptors (Lipinski definition) is 0. The first-order valence-electron chi connectivity index (χ1n) is 3.25. The highest BCUT2D eigenvalue weighted by molar-refractivity contribution is 4.94. The summed E-state index contributed by atoms with van der Waals surface area (Å²) in [6.45, 7) is 7.69. The lowest BCUT2D eigenvalue weighted by Gasteiger charge is -1.86. The average Bonchev–Trinajstić information content (AvgIpc) is 1.80. The second-order valence-electron chi connectivity index (χ2n) is 2.27. The lowest BCUT2D eigenvalue weighted by Crippen LogP contribution is -1.65. The van der Waals surface area contributed by atoms with Gasteiger partial charge in [0.2, 0.25) is 0 Å². The molecular weight excluding hydrogens is 108 g/mol. The number of unbranched alkanes of at least 4 members (excludes halogenated alkanes) is 1. The normalized spacial score (nSPS) is 7.78. The van der Waals surface area contributed by atoms with Crippen LogP contribution in [-0.4, -0.2) is 0 Å². The topological polar surface area (TPSA) is 0 Å². The van der Waals surface area contributed by atoms with Gasteiger partial charge >= 0.3 is 0 Å². The molecule has 0 heteroatoms. The molecule has 0 unspecified atom stereocenters. The maximum absolute atomic E-state index is 3.48. The molecule has 0 aromatic rings. The summed E-state index contributed by atoms with van der Waals surface area (Å²) in [6, 6.07) is 0. The van der Waals surface area contributed by atoms with Crippen molar-refractivity contribution in [2.24, 2.45) is 0 Å². The summed E-state index contributed by atoms with van der Waals surface area (Å²) < 4.78 is 0. The van der Waals surface area contributed by atoms with Gasteiger partial charge in [0.05, 0.1) is 0 Å². The van der Waals surface area contributed by atoms with Gasteiger partial charge < -0.3 is 0 Å². The molecule has 0 aliphatic rings. The van der Waals surface area contributed by atoms with Crippen molar-refractivity contribution in [3.05, 3.63) is 30.0 Å². The third-order valence-corrected chi connectivity index (χ3v) is 1.01. The summed E-state index contributed by atoms with van der Waals surface area (Å²) in [4.78, 5) is 0. The quantitative estimate of drug-likeness (QED) is 0.306. The Morgan fingerprint density at radius 3 is 2.56 bits per heavy atom. The van der Waals surface area contributed by atoms with Crippen LogP contribution in [0, 0.1) is 0 Å². The molecule has 0 aliphatic carbocycles. The predicted octanol–water partition coefficient (Wildman–Crippen LogP) is 3.07. The number of hydrogen-bond donors (Lipinski definition) is 0. The molecule has 0 saturated heterocycles. The molecule has 9 heavy (non-hydrogen) atoms. The molecule has 50 valence electrons. The van der Waals surface area contributed by atoms with Crippen molar-refractivity contribution in [1.29, 1.82) is 0 Å². The first-order valence-corrected chi connectivity index (χ1v) is 3.25. The fourth-order valence-electron chi connectivity index (χ4n) is 0.557. The van der Waals surface area contributed by atoms with Crippen molar-refractivity contribution >= 4 is 0 Å². The van der Waals surface area contributed by atoms with E-state index in [2.05, 4.69) is 32.2 Å². The van der Waals surface area contributed by atoms with E-state index in [1.165, 1.54) is 5.57 Å². The van der Waals surface area contributed by atoms with Crippen molar-refractivity contribution in [3.63, 3.8) is 0 Å². The van der Waals surface area contributed by atoms with Crippen LogP contribution in [0.4, 0.5) is 0 Å². The van der Waals surface area contributed by atoms with E-state index in [0.29, 0.717) is 0 Å². The zero-order chi connectivity index (χ0) is 7.11. The molecule has 0 saturated carbocycles. The van der Waals surface area contributed by atoms with Crippen molar-refractivity contribution in [3.8, 4) is 0 Å². The van der Waals surface area contributed by atoms with Gasteiger partial charge in [-0.1, -0.05) is 18.2 Å². The van der Waals surface area contributed by atoms with Crippen molar-refractivity contribution in [2.75, 3.05) is 0 Å². The van der Waals surface area contributed by atoms with Crippen LogP contribution in [0.2, 0.25) is 0 Å². The molecular formula is C9H14. The second-order valence-corrected chi connectivity index (χ2v) is 2.27. The van der Waals surface area contributed by atoms with Crippen molar-refractivity contribution in [2.45, 2.75) is 26.7 Å². The largest absolute Gasteiger partial charge is 0.133 e. The monoisotopic (exact) mass is 122 g/mol. The van der Waals surface area contributed by atoms with Gasteiger partial charge in [-0.2, -0.15) is 0 Å². The van der Waals surface area contributed by atoms with Crippen LogP contribution in [0.15, 0.2) is 30.0 Å². The van der Waals surface area contributed by atoms with E-state index in [4.69, 9.17) is 0 Å². The molecule has 0 atom stereocenters. The minimum absolute atomic E-state index is 1.06. The fourth-order valence-corrected chi connectivity index (χ4v) is 0.557. The van der Waals surface area contributed by atoms with E-state index in [9.17, 15) is 0 Å². The third kappa shape index (κ3) is 7.26. The highest BCUT2D eigenvalue weighted by Crippen LogP contribution is 1.96. The van der Waals surface area contributed by atoms with E-state index < -0.39 is 0 Å². The van der Waals surface area contributed by atoms with Crippen LogP contribution in [0.1, 0.15) is 26.7 Å². The molecule has 0 bridgehead atoms. The van der Waals surface area contributed by atoms with Gasteiger partial charge in [-0.3, -0.25) is 0 Å². The lowest BCUT2D eigenvalue weighted by molar-refractivity contribution is 1.04. The van der Waals surface area contributed by atoms with Crippen LogP contribution in [0.25, 0.3) is 0 Å². The summed E-state index contributed by atoms with van der Waals surface area (Å²) in [5.74, 6) is 0. The van der Waals surface area contributed by atoms with Crippen LogP contribution in [-0.2, 0) is 0 Å². The maximum atomic E-state index is 3.48. The Labute approximate surface area is 57.6 Å². The highest BCUT2D eigenvalue weighted by Gasteiger charge is 1.76. The molecule has 0 spiro atoms. The SMILES string of the molecule is C=C=CCCC=C(C)C. The average molecular weight is 122 g/mol. The summed E-state index contributed by atoms with van der Waals surface area (Å²) in [5, 5.41) is 0. The molecule has 0 N–H and O–H groups in total. The molecule has 0 amide bonds. The van der Waals surface area contributed by atoms with E-state index in [1.54, 1.807) is 0 Å². The van der Waals surface area contributed by atoms with Gasteiger partial charge in [-0.25, -0.2) is 0 Å². The first-order chi connectivity index (χ1) is 4.27. The van der Waals surface area contributed by atoms with Gasteiger partial charge in [0.15, 0.2) is 0 Å². The molecule has 0 aromatic carbocycles. The molecule has 0 aromatic heterocycles. The zero-order valence-electron chi connectivity index (χ0n) is 6.28. The Balaban J connectivity index is 3.30. The molecule has 0 radical (unpaired) electrons. The maximum Gasteiger partial charge on any atom is -0.0240 e. The Hall–Kier alpha value is -0.740. The number of rotatable bonds is 3. The number of allylic oxidation sites excluding steroid dienone is 3. The Kier molecular flexibility index (Phi) is 4.95. The van der Waals surface area contributed by atoms with Gasteiger partial charge in [0.1, 0.15) is 0 Å². The molecule has 0 aliphatic heterocycles. The fraction of sp³-hybridized carbons (Fsp3) is 0.444. The third-order valence-electron chi connectivity index (χ3n) is 1.01. The minimum atomic E-state index is 1.06. The van der Waals surface area contributed by atoms with E-state index in [0.717, 1.165) is 12.8 Å². The lowest BCUT2D eigenvalue weighted by atomic mass is 10.2. The predicted molar refractivity (Wildman–Crippen MR) is 42.4 cm³/mol. The summed E-state index contributed by atoms with van der Waals surface area (Å²) in [6.07, 6.45) is 6.35. The van der Waals surface area contributed by atoms with Crippen LogP contribution < -0.4 is 0 Å². The zero-order valence-corrected chi connectivity index (χ0v) is 6.28. The summed E-state index contributed by atoms with van der Waals surface area (Å²) in [5.41, 5.74) is 4.12. The smallest absolute Gasteiger partial charge is 0.0240 e. The van der Waals surface area contributed by atoms with Gasteiger partial charge in [-0.05, 0) is 32.8 Å². The van der Waals surface area contributed by atoms with Crippen LogP contribution in [0.5, 0.6) is 0 Å². The van der Waals surface area contributed by atoms with Crippen molar-refractivity contribution < 1.29 is 0 Å². The van der Waals surface area contributed by atoms with E-state index >= 15 is 0 Å². The molecule has 0 heterocycles. The van der Waals surface area contributed by atoms with Gasteiger partial charge in [-0.15, -0.1) is 5.73 Å². The second kappa shape index (κ2) is 5.40. The summed E-state index contributed by atoms with van der Waals surface area (Å²) >= 11 is 0. The van der Waals surface area contributed by atoms with Crippen LogP contribution >= 0.6 is 0 Å².